The molecule has 0 aliphatic heterocycles. The Hall–Kier alpha value is -1.43. The Balaban J connectivity index is 2.00. The third kappa shape index (κ3) is 2.95. The molecule has 0 bridgehead atoms. The van der Waals surface area contributed by atoms with Crippen molar-refractivity contribution in [2.75, 3.05) is 5.32 Å². The van der Waals surface area contributed by atoms with Crippen molar-refractivity contribution in [1.82, 2.24) is 9.55 Å². The number of hydrogen-bond acceptors (Lipinski definition) is 2. The highest BCUT2D eigenvalue weighted by molar-refractivity contribution is 9.10. The van der Waals surface area contributed by atoms with Gasteiger partial charge in [-0.25, -0.2) is 13.8 Å². The van der Waals surface area contributed by atoms with Gasteiger partial charge in [0.15, 0.2) is 0 Å². The van der Waals surface area contributed by atoms with Gasteiger partial charge in [-0.1, -0.05) is 12.8 Å². The minimum atomic E-state index is -0.496. The molecule has 0 atom stereocenters. The number of anilines is 1. The number of rotatable bonds is 3. The Morgan fingerprint density at radius 3 is 2.67 bits per heavy atom. The number of benzene rings is 1. The molecule has 1 aliphatic rings. The fraction of sp³-hybridized carbons (Fsp3) is 0.400. The lowest BCUT2D eigenvalue weighted by molar-refractivity contribution is 0.587. The molecule has 2 aromatic rings. The molecule has 6 heteroatoms. The van der Waals surface area contributed by atoms with Crippen molar-refractivity contribution in [3.63, 3.8) is 0 Å². The molecule has 1 aliphatic carbocycles. The number of hydrogen-bond donors (Lipinski definition) is 1. The zero-order valence-corrected chi connectivity index (χ0v) is 13.3. The average molecular weight is 356 g/mol. The number of aromatic nitrogens is 2. The summed E-state index contributed by atoms with van der Waals surface area (Å²) in [5.41, 5.74) is 0.926. The third-order valence-electron chi connectivity index (χ3n) is 3.76. The molecule has 1 aromatic carbocycles. The monoisotopic (exact) mass is 355 g/mol. The van der Waals surface area contributed by atoms with Crippen molar-refractivity contribution in [1.29, 1.82) is 0 Å². The van der Waals surface area contributed by atoms with Crippen LogP contribution in [-0.2, 0) is 0 Å². The second-order valence-electron chi connectivity index (χ2n) is 5.42. The maximum atomic E-state index is 14.1. The standard InChI is InChI=1S/C15H16BrF2N3/c1-9-8-21(14-7-12(17)11(16)6-13(14)18)15(19-9)20-10-4-2-3-5-10/h6-8,10H,2-5H2,1H3,(H,19,20). The fourth-order valence-electron chi connectivity index (χ4n) is 2.73. The molecule has 1 N–H and O–H groups in total. The van der Waals surface area contributed by atoms with Crippen molar-refractivity contribution in [3.05, 3.63) is 40.1 Å². The minimum absolute atomic E-state index is 0.117. The topological polar surface area (TPSA) is 29.9 Å². The summed E-state index contributed by atoms with van der Waals surface area (Å²) < 4.78 is 29.6. The van der Waals surface area contributed by atoms with E-state index < -0.39 is 11.6 Å². The SMILES string of the molecule is Cc1cn(-c2cc(F)c(Br)cc2F)c(NC2CCCC2)n1. The zero-order valence-electron chi connectivity index (χ0n) is 11.7. The number of nitrogens with one attached hydrogen (secondary N) is 1. The number of halogens is 3. The van der Waals surface area contributed by atoms with Gasteiger partial charge in [-0.3, -0.25) is 4.57 Å². The number of imidazole rings is 1. The summed E-state index contributed by atoms with van der Waals surface area (Å²) in [5, 5.41) is 3.34. The van der Waals surface area contributed by atoms with Gasteiger partial charge in [0.05, 0.1) is 15.9 Å². The quantitative estimate of drug-likeness (QED) is 0.816. The summed E-state index contributed by atoms with van der Waals surface area (Å²) in [5.74, 6) is -0.417. The molecular formula is C15H16BrF2N3. The van der Waals surface area contributed by atoms with Crippen LogP contribution >= 0.6 is 15.9 Å². The molecule has 0 amide bonds. The van der Waals surface area contributed by atoms with Crippen LogP contribution in [0.3, 0.4) is 0 Å². The predicted octanol–water partition coefficient (Wildman–Crippen LogP) is 4.58. The minimum Gasteiger partial charge on any atom is -0.353 e. The molecule has 1 aromatic heterocycles. The van der Waals surface area contributed by atoms with Crippen molar-refractivity contribution in [3.8, 4) is 5.69 Å². The average Bonchev–Trinajstić information content (AvgIpc) is 3.04. The summed E-state index contributed by atoms with van der Waals surface area (Å²) in [4.78, 5) is 4.39. The molecule has 1 fully saturated rings. The molecule has 3 rings (SSSR count). The summed E-state index contributed by atoms with van der Waals surface area (Å²) in [6.45, 7) is 1.84. The van der Waals surface area contributed by atoms with Crippen LogP contribution in [-0.4, -0.2) is 15.6 Å². The molecule has 1 saturated carbocycles. The Labute approximate surface area is 130 Å². The molecule has 0 radical (unpaired) electrons. The first-order chi connectivity index (χ1) is 10.0. The lowest BCUT2D eigenvalue weighted by Crippen LogP contribution is -2.18. The molecular weight excluding hydrogens is 340 g/mol. The highest BCUT2D eigenvalue weighted by atomic mass is 79.9. The maximum Gasteiger partial charge on any atom is 0.208 e. The molecule has 0 saturated heterocycles. The lowest BCUT2D eigenvalue weighted by atomic mass is 10.2. The van der Waals surface area contributed by atoms with Crippen molar-refractivity contribution >= 4 is 21.9 Å². The van der Waals surface area contributed by atoms with Gasteiger partial charge >= 0.3 is 0 Å². The molecule has 1 heterocycles. The predicted molar refractivity (Wildman–Crippen MR) is 81.8 cm³/mol. The normalized spacial score (nSPS) is 15.6. The Kier molecular flexibility index (Phi) is 3.97. The highest BCUT2D eigenvalue weighted by Gasteiger charge is 2.19. The van der Waals surface area contributed by atoms with Crippen LogP contribution in [0.25, 0.3) is 5.69 Å². The first-order valence-corrected chi connectivity index (χ1v) is 7.81. The van der Waals surface area contributed by atoms with Gasteiger partial charge in [0.2, 0.25) is 5.95 Å². The van der Waals surface area contributed by atoms with E-state index in [0.29, 0.717) is 12.0 Å². The van der Waals surface area contributed by atoms with Gasteiger partial charge in [-0.2, -0.15) is 0 Å². The molecule has 0 spiro atoms. The summed E-state index contributed by atoms with van der Waals surface area (Å²) >= 11 is 2.99. The number of nitrogens with zero attached hydrogens (tertiary/aromatic N) is 2. The van der Waals surface area contributed by atoms with Crippen LogP contribution in [0.2, 0.25) is 0 Å². The number of aryl methyl sites for hydroxylation is 1. The van der Waals surface area contributed by atoms with Gasteiger partial charge in [0.1, 0.15) is 11.6 Å². The van der Waals surface area contributed by atoms with Crippen molar-refractivity contribution in [2.24, 2.45) is 0 Å². The molecule has 3 nitrogen and oxygen atoms in total. The maximum absolute atomic E-state index is 14.1. The lowest BCUT2D eigenvalue weighted by Gasteiger charge is -2.15. The van der Waals surface area contributed by atoms with Crippen LogP contribution in [0.15, 0.2) is 22.8 Å². The van der Waals surface area contributed by atoms with Gasteiger partial charge in [0, 0.05) is 18.3 Å². The van der Waals surface area contributed by atoms with E-state index in [-0.39, 0.29) is 10.2 Å². The van der Waals surface area contributed by atoms with Crippen LogP contribution in [0, 0.1) is 18.6 Å². The van der Waals surface area contributed by atoms with Gasteiger partial charge < -0.3 is 5.32 Å². The zero-order chi connectivity index (χ0) is 15.0. The summed E-state index contributed by atoms with van der Waals surface area (Å²) in [6.07, 6.45) is 6.27. The van der Waals surface area contributed by atoms with Crippen LogP contribution in [0.4, 0.5) is 14.7 Å². The summed E-state index contributed by atoms with van der Waals surface area (Å²) in [7, 11) is 0. The molecule has 21 heavy (non-hydrogen) atoms. The second-order valence-corrected chi connectivity index (χ2v) is 6.27. The smallest absolute Gasteiger partial charge is 0.208 e. The van der Waals surface area contributed by atoms with E-state index in [2.05, 4.69) is 26.2 Å². The first-order valence-electron chi connectivity index (χ1n) is 7.02. The van der Waals surface area contributed by atoms with Gasteiger partial charge in [-0.05, 0) is 41.8 Å². The highest BCUT2D eigenvalue weighted by Crippen LogP contribution is 2.27. The van der Waals surface area contributed by atoms with E-state index in [1.807, 2.05) is 6.92 Å². The first kappa shape index (κ1) is 14.5. The van der Waals surface area contributed by atoms with Gasteiger partial charge in [-0.15, -0.1) is 0 Å². The van der Waals surface area contributed by atoms with Crippen LogP contribution < -0.4 is 5.32 Å². The van der Waals surface area contributed by atoms with E-state index in [1.165, 1.54) is 18.9 Å². The van der Waals surface area contributed by atoms with Crippen molar-refractivity contribution in [2.45, 2.75) is 38.6 Å². The Bertz CT molecular complexity index is 663. The van der Waals surface area contributed by atoms with E-state index in [4.69, 9.17) is 0 Å². The van der Waals surface area contributed by atoms with E-state index >= 15 is 0 Å². The van der Waals surface area contributed by atoms with Crippen LogP contribution in [0.5, 0.6) is 0 Å². The molecule has 0 unspecified atom stereocenters. The largest absolute Gasteiger partial charge is 0.353 e. The molecule has 112 valence electrons. The second kappa shape index (κ2) is 5.75. The summed E-state index contributed by atoms with van der Waals surface area (Å²) in [6, 6.07) is 2.67. The van der Waals surface area contributed by atoms with Crippen LogP contribution in [0.1, 0.15) is 31.4 Å². The van der Waals surface area contributed by atoms with E-state index in [9.17, 15) is 8.78 Å². The van der Waals surface area contributed by atoms with Crippen molar-refractivity contribution < 1.29 is 8.78 Å². The Morgan fingerprint density at radius 2 is 1.95 bits per heavy atom. The third-order valence-corrected chi connectivity index (χ3v) is 4.37. The Morgan fingerprint density at radius 1 is 1.24 bits per heavy atom. The fourth-order valence-corrected chi connectivity index (χ4v) is 3.05. The van der Waals surface area contributed by atoms with E-state index in [0.717, 1.165) is 24.6 Å². The van der Waals surface area contributed by atoms with Gasteiger partial charge in [0.25, 0.3) is 0 Å². The van der Waals surface area contributed by atoms with E-state index in [1.54, 1.807) is 10.8 Å².